The number of carbonyl (C=O) groups is 1. The van der Waals surface area contributed by atoms with E-state index in [-0.39, 0.29) is 11.3 Å². The maximum Gasteiger partial charge on any atom is 0.236 e. The summed E-state index contributed by atoms with van der Waals surface area (Å²) in [7, 11) is 0. The largest absolute Gasteiger partial charge is 0.354 e. The third-order valence-corrected chi connectivity index (χ3v) is 3.91. The second-order valence-electron chi connectivity index (χ2n) is 6.07. The number of benzene rings is 1. The highest BCUT2D eigenvalue weighted by atomic mass is 16.2. The Balaban J connectivity index is 2.95. The number of rotatable bonds is 4. The van der Waals surface area contributed by atoms with E-state index >= 15 is 0 Å². The predicted molar refractivity (Wildman–Crippen MR) is 80.3 cm³/mol. The number of aryl methyl sites for hydroxylation is 1. The van der Waals surface area contributed by atoms with E-state index in [2.05, 4.69) is 52.1 Å². The lowest BCUT2D eigenvalue weighted by molar-refractivity contribution is -0.122. The van der Waals surface area contributed by atoms with Crippen LogP contribution in [0.4, 0.5) is 0 Å². The number of carbonyl (C=O) groups excluding carboxylic acids is 1. The van der Waals surface area contributed by atoms with Crippen LogP contribution in [0.15, 0.2) is 12.1 Å². The normalized spacial score (nSPS) is 13.2. The van der Waals surface area contributed by atoms with E-state index in [9.17, 15) is 4.79 Å². The average molecular weight is 262 g/mol. The number of hydrogen-bond acceptors (Lipinski definition) is 2. The second kappa shape index (κ2) is 5.74. The summed E-state index contributed by atoms with van der Waals surface area (Å²) in [6.07, 6.45) is 0. The highest BCUT2D eigenvalue weighted by molar-refractivity contribution is 5.81. The summed E-state index contributed by atoms with van der Waals surface area (Å²) in [6.45, 7) is 13.0. The van der Waals surface area contributed by atoms with Crippen molar-refractivity contribution < 1.29 is 4.79 Å². The lowest BCUT2D eigenvalue weighted by atomic mass is 9.80. The number of hydrogen-bond donors (Lipinski definition) is 2. The van der Waals surface area contributed by atoms with Gasteiger partial charge in [0.1, 0.15) is 0 Å². The third kappa shape index (κ3) is 3.57. The van der Waals surface area contributed by atoms with Crippen molar-refractivity contribution in [1.29, 1.82) is 0 Å². The van der Waals surface area contributed by atoms with Crippen LogP contribution in [0.1, 0.15) is 43.0 Å². The zero-order chi connectivity index (χ0) is 14.8. The third-order valence-electron chi connectivity index (χ3n) is 3.91. The fourth-order valence-corrected chi connectivity index (χ4v) is 2.25. The standard InChI is InChI=1S/C16H26N2O/c1-10-7-8-14(12(3)11(10)2)16(5,6)9-18-15(19)13(4)17/h7-8,13H,9,17H2,1-6H3,(H,18,19). The molecule has 0 aliphatic heterocycles. The molecule has 0 heterocycles. The van der Waals surface area contributed by atoms with Gasteiger partial charge in [0.25, 0.3) is 0 Å². The Kier molecular flexibility index (Phi) is 4.75. The average Bonchev–Trinajstić information content (AvgIpc) is 2.32. The van der Waals surface area contributed by atoms with E-state index in [0.29, 0.717) is 6.54 Å². The first-order valence-electron chi connectivity index (χ1n) is 6.77. The van der Waals surface area contributed by atoms with Crippen molar-refractivity contribution >= 4 is 5.91 Å². The van der Waals surface area contributed by atoms with Crippen molar-refractivity contribution in [3.05, 3.63) is 34.4 Å². The minimum absolute atomic E-state index is 0.102. The first-order valence-corrected chi connectivity index (χ1v) is 6.77. The minimum Gasteiger partial charge on any atom is -0.354 e. The minimum atomic E-state index is -0.461. The summed E-state index contributed by atoms with van der Waals surface area (Å²) >= 11 is 0. The molecule has 0 aliphatic carbocycles. The van der Waals surface area contributed by atoms with E-state index in [0.717, 1.165) is 0 Å². The SMILES string of the molecule is Cc1ccc(C(C)(C)CNC(=O)C(C)N)c(C)c1C. The fourth-order valence-electron chi connectivity index (χ4n) is 2.25. The van der Waals surface area contributed by atoms with E-state index in [1.165, 1.54) is 22.3 Å². The molecule has 1 unspecified atom stereocenters. The monoisotopic (exact) mass is 262 g/mol. The summed E-state index contributed by atoms with van der Waals surface area (Å²) in [6, 6.07) is 3.85. The van der Waals surface area contributed by atoms with Crippen molar-refractivity contribution in [2.24, 2.45) is 5.73 Å². The second-order valence-corrected chi connectivity index (χ2v) is 6.07. The van der Waals surface area contributed by atoms with Crippen molar-refractivity contribution in [2.75, 3.05) is 6.54 Å². The first-order chi connectivity index (χ1) is 8.66. The Morgan fingerprint density at radius 3 is 2.37 bits per heavy atom. The highest BCUT2D eigenvalue weighted by Gasteiger charge is 2.24. The Hall–Kier alpha value is -1.35. The molecule has 0 fully saturated rings. The fraction of sp³-hybridized carbons (Fsp3) is 0.562. The molecular weight excluding hydrogens is 236 g/mol. The van der Waals surface area contributed by atoms with Gasteiger partial charge < -0.3 is 11.1 Å². The summed E-state index contributed by atoms with van der Waals surface area (Å²) in [4.78, 5) is 11.6. The quantitative estimate of drug-likeness (QED) is 0.875. The van der Waals surface area contributed by atoms with Crippen LogP contribution < -0.4 is 11.1 Å². The molecule has 1 rings (SSSR count). The molecule has 106 valence electrons. The van der Waals surface area contributed by atoms with Crippen LogP contribution in [0, 0.1) is 20.8 Å². The molecule has 0 aliphatic rings. The van der Waals surface area contributed by atoms with Gasteiger partial charge in [0.05, 0.1) is 6.04 Å². The molecule has 3 nitrogen and oxygen atoms in total. The van der Waals surface area contributed by atoms with Crippen molar-refractivity contribution in [2.45, 2.75) is 53.0 Å². The Morgan fingerprint density at radius 1 is 1.26 bits per heavy atom. The lowest BCUT2D eigenvalue weighted by Crippen LogP contribution is -2.44. The van der Waals surface area contributed by atoms with E-state index < -0.39 is 6.04 Å². The van der Waals surface area contributed by atoms with Gasteiger partial charge in [0, 0.05) is 12.0 Å². The Labute approximate surface area is 116 Å². The molecule has 3 N–H and O–H groups in total. The van der Waals surface area contributed by atoms with Crippen LogP contribution in [-0.2, 0) is 10.2 Å². The van der Waals surface area contributed by atoms with E-state index in [1.54, 1.807) is 6.92 Å². The molecule has 1 amide bonds. The molecule has 1 atom stereocenters. The van der Waals surface area contributed by atoms with Gasteiger partial charge >= 0.3 is 0 Å². The molecule has 0 bridgehead atoms. The summed E-state index contributed by atoms with van der Waals surface area (Å²) in [5, 5.41) is 2.92. The summed E-state index contributed by atoms with van der Waals surface area (Å²) < 4.78 is 0. The van der Waals surface area contributed by atoms with Gasteiger partial charge in [-0.3, -0.25) is 4.79 Å². The maximum atomic E-state index is 11.6. The molecule has 0 spiro atoms. The molecule has 0 radical (unpaired) electrons. The number of nitrogens with one attached hydrogen (secondary N) is 1. The van der Waals surface area contributed by atoms with Gasteiger partial charge in [0.15, 0.2) is 0 Å². The van der Waals surface area contributed by atoms with Gasteiger partial charge in [-0.15, -0.1) is 0 Å². The summed E-state index contributed by atoms with van der Waals surface area (Å²) in [5.74, 6) is -0.102. The number of nitrogens with two attached hydrogens (primary N) is 1. The van der Waals surface area contributed by atoms with Crippen LogP contribution in [0.2, 0.25) is 0 Å². The molecule has 19 heavy (non-hydrogen) atoms. The van der Waals surface area contributed by atoms with Gasteiger partial charge in [-0.2, -0.15) is 0 Å². The topological polar surface area (TPSA) is 55.1 Å². The van der Waals surface area contributed by atoms with Crippen LogP contribution in [0.25, 0.3) is 0 Å². The lowest BCUT2D eigenvalue weighted by Gasteiger charge is -2.29. The predicted octanol–water partition coefficient (Wildman–Crippen LogP) is 2.35. The zero-order valence-corrected chi connectivity index (χ0v) is 12.9. The molecular formula is C16H26N2O. The van der Waals surface area contributed by atoms with Crippen molar-refractivity contribution in [1.82, 2.24) is 5.32 Å². The van der Waals surface area contributed by atoms with E-state index in [4.69, 9.17) is 5.73 Å². The van der Waals surface area contributed by atoms with E-state index in [1.807, 2.05) is 0 Å². The molecule has 0 saturated heterocycles. The van der Waals surface area contributed by atoms with Crippen LogP contribution in [-0.4, -0.2) is 18.5 Å². The van der Waals surface area contributed by atoms with Crippen molar-refractivity contribution in [3.8, 4) is 0 Å². The van der Waals surface area contributed by atoms with Crippen molar-refractivity contribution in [3.63, 3.8) is 0 Å². The van der Waals surface area contributed by atoms with Gasteiger partial charge in [0.2, 0.25) is 5.91 Å². The van der Waals surface area contributed by atoms with Crippen LogP contribution in [0.3, 0.4) is 0 Å². The zero-order valence-electron chi connectivity index (χ0n) is 12.9. The Bertz CT molecular complexity index is 476. The molecule has 0 saturated carbocycles. The van der Waals surface area contributed by atoms with Gasteiger partial charge in [-0.1, -0.05) is 26.0 Å². The van der Waals surface area contributed by atoms with Gasteiger partial charge in [-0.25, -0.2) is 0 Å². The first kappa shape index (κ1) is 15.7. The Morgan fingerprint density at radius 2 is 1.84 bits per heavy atom. The maximum absolute atomic E-state index is 11.6. The smallest absolute Gasteiger partial charge is 0.236 e. The van der Waals surface area contributed by atoms with Gasteiger partial charge in [-0.05, 0) is 49.9 Å². The molecule has 0 aromatic heterocycles. The molecule has 3 heteroatoms. The summed E-state index contributed by atoms with van der Waals surface area (Å²) in [5.41, 5.74) is 10.7. The molecule has 1 aromatic rings. The molecule has 1 aromatic carbocycles. The van der Waals surface area contributed by atoms with Crippen LogP contribution in [0.5, 0.6) is 0 Å². The number of amides is 1. The van der Waals surface area contributed by atoms with Crippen LogP contribution >= 0.6 is 0 Å². The highest BCUT2D eigenvalue weighted by Crippen LogP contribution is 2.28.